The van der Waals surface area contributed by atoms with Gasteiger partial charge in [0.25, 0.3) is 9.05 Å². The van der Waals surface area contributed by atoms with Crippen molar-refractivity contribution >= 4 is 31.3 Å². The molecule has 4 nitrogen and oxygen atoms in total. The van der Waals surface area contributed by atoms with E-state index >= 15 is 0 Å². The van der Waals surface area contributed by atoms with E-state index < -0.39 is 9.05 Å². The maximum Gasteiger partial charge on any atom is 0.266 e. The number of hydrogen-bond acceptors (Lipinski definition) is 3. The summed E-state index contributed by atoms with van der Waals surface area (Å²) in [5.74, 6) is -0.349. The first-order valence-corrected chi connectivity index (χ1v) is 8.46. The molecular weight excluding hydrogens is 326 g/mol. The van der Waals surface area contributed by atoms with E-state index in [0.717, 1.165) is 5.56 Å². The third-order valence-corrected chi connectivity index (χ3v) is 4.62. The highest BCUT2D eigenvalue weighted by Gasteiger charge is 2.25. The molecule has 0 atom stereocenters. The van der Waals surface area contributed by atoms with E-state index in [1.165, 1.54) is 16.8 Å². The molecule has 0 bridgehead atoms. The number of aryl methyl sites for hydroxylation is 1. The number of aromatic nitrogens is 2. The zero-order chi connectivity index (χ0) is 14.9. The Morgan fingerprint density at radius 2 is 1.90 bits per heavy atom. The molecule has 20 heavy (non-hydrogen) atoms. The Kier molecular flexibility index (Phi) is 4.36. The summed E-state index contributed by atoms with van der Waals surface area (Å²) >= 11 is 6.04. The second-order valence-electron chi connectivity index (χ2n) is 4.14. The van der Waals surface area contributed by atoms with Gasteiger partial charge in [-0.1, -0.05) is 30.7 Å². The molecule has 0 N–H and O–H groups in total. The van der Waals surface area contributed by atoms with E-state index in [2.05, 4.69) is 5.10 Å². The van der Waals surface area contributed by atoms with Crippen LogP contribution in [0.2, 0.25) is 5.15 Å². The lowest BCUT2D eigenvalue weighted by atomic mass is 10.2. The van der Waals surface area contributed by atoms with Crippen LogP contribution in [0.4, 0.5) is 4.39 Å². The highest BCUT2D eigenvalue weighted by Crippen LogP contribution is 2.29. The van der Waals surface area contributed by atoms with Crippen molar-refractivity contribution < 1.29 is 12.8 Å². The monoisotopic (exact) mass is 336 g/mol. The van der Waals surface area contributed by atoms with Crippen LogP contribution >= 0.6 is 22.3 Å². The fraction of sp³-hybridized carbons (Fsp3) is 0.250. The topological polar surface area (TPSA) is 52.0 Å². The average molecular weight is 337 g/mol. The first kappa shape index (κ1) is 15.3. The minimum Gasteiger partial charge on any atom is -0.248 e. The SMILES string of the molecule is CCc1nn(Cc2ccc(F)cc2)c(Cl)c1S(=O)(=O)Cl. The molecule has 0 aliphatic rings. The number of halogens is 3. The first-order chi connectivity index (χ1) is 9.32. The van der Waals surface area contributed by atoms with Crippen LogP contribution in [0.5, 0.6) is 0 Å². The van der Waals surface area contributed by atoms with Crippen molar-refractivity contribution in [2.24, 2.45) is 0 Å². The fourth-order valence-corrected chi connectivity index (χ4v) is 3.70. The van der Waals surface area contributed by atoms with Crippen molar-refractivity contribution in [3.8, 4) is 0 Å². The van der Waals surface area contributed by atoms with Gasteiger partial charge in [0.2, 0.25) is 0 Å². The Hall–Kier alpha value is -1.11. The van der Waals surface area contributed by atoms with Crippen molar-refractivity contribution in [1.29, 1.82) is 0 Å². The summed E-state index contributed by atoms with van der Waals surface area (Å²) in [4.78, 5) is -0.162. The molecule has 0 amide bonds. The molecule has 0 saturated heterocycles. The minimum atomic E-state index is -3.96. The quantitative estimate of drug-likeness (QED) is 0.805. The van der Waals surface area contributed by atoms with Crippen LogP contribution < -0.4 is 0 Å². The molecule has 1 heterocycles. The lowest BCUT2D eigenvalue weighted by molar-refractivity contribution is 0.608. The van der Waals surface area contributed by atoms with Crippen LogP contribution in [0.15, 0.2) is 29.2 Å². The van der Waals surface area contributed by atoms with Gasteiger partial charge in [-0.25, -0.2) is 17.5 Å². The highest BCUT2D eigenvalue weighted by atomic mass is 35.7. The first-order valence-electron chi connectivity index (χ1n) is 5.77. The van der Waals surface area contributed by atoms with Gasteiger partial charge in [-0.05, 0) is 24.1 Å². The van der Waals surface area contributed by atoms with Crippen LogP contribution in [0, 0.1) is 5.82 Å². The van der Waals surface area contributed by atoms with Crippen LogP contribution in [-0.2, 0) is 22.0 Å². The number of nitrogens with zero attached hydrogens (tertiary/aromatic N) is 2. The predicted octanol–water partition coefficient (Wildman–Crippen LogP) is 3.21. The van der Waals surface area contributed by atoms with E-state index in [9.17, 15) is 12.8 Å². The maximum atomic E-state index is 12.8. The van der Waals surface area contributed by atoms with Crippen LogP contribution in [0.25, 0.3) is 0 Å². The van der Waals surface area contributed by atoms with Crippen molar-refractivity contribution in [3.63, 3.8) is 0 Å². The third-order valence-electron chi connectivity index (χ3n) is 2.74. The molecule has 108 valence electrons. The number of benzene rings is 1. The molecule has 2 aromatic rings. The van der Waals surface area contributed by atoms with E-state index in [0.29, 0.717) is 12.1 Å². The molecule has 0 unspecified atom stereocenters. The normalized spacial score (nSPS) is 11.8. The molecule has 0 saturated carbocycles. The Morgan fingerprint density at radius 1 is 1.30 bits per heavy atom. The van der Waals surface area contributed by atoms with Gasteiger partial charge >= 0.3 is 0 Å². The summed E-state index contributed by atoms with van der Waals surface area (Å²) in [5, 5.41) is 4.10. The third kappa shape index (κ3) is 3.13. The van der Waals surface area contributed by atoms with E-state index in [1.54, 1.807) is 19.1 Å². The summed E-state index contributed by atoms with van der Waals surface area (Å²) in [5.41, 5.74) is 1.06. The van der Waals surface area contributed by atoms with Gasteiger partial charge in [0.1, 0.15) is 15.9 Å². The van der Waals surface area contributed by atoms with E-state index in [1.807, 2.05) is 0 Å². The summed E-state index contributed by atoms with van der Waals surface area (Å²) in [6.07, 6.45) is 0.386. The second-order valence-corrected chi connectivity index (χ2v) is 7.00. The van der Waals surface area contributed by atoms with Gasteiger partial charge in [-0.2, -0.15) is 5.10 Å². The van der Waals surface area contributed by atoms with E-state index in [4.69, 9.17) is 22.3 Å². The molecule has 8 heteroatoms. The maximum absolute atomic E-state index is 12.8. The summed E-state index contributed by atoms with van der Waals surface area (Å²) in [6, 6.07) is 5.78. The van der Waals surface area contributed by atoms with Gasteiger partial charge in [0.05, 0.1) is 12.2 Å². The van der Waals surface area contributed by atoms with Gasteiger partial charge in [0, 0.05) is 10.7 Å². The average Bonchev–Trinajstić information content (AvgIpc) is 2.69. The van der Waals surface area contributed by atoms with Gasteiger partial charge < -0.3 is 0 Å². The Morgan fingerprint density at radius 3 is 2.35 bits per heavy atom. The van der Waals surface area contributed by atoms with Crippen molar-refractivity contribution in [3.05, 3.63) is 46.5 Å². The molecule has 1 aromatic carbocycles. The fourth-order valence-electron chi connectivity index (χ4n) is 1.81. The number of rotatable bonds is 4. The minimum absolute atomic E-state index is 0.0406. The standard InChI is InChI=1S/C12H11Cl2FN2O2S/c1-2-10-11(20(14,18)19)12(13)17(16-10)7-8-3-5-9(15)6-4-8/h3-6H,2,7H2,1H3. The lowest BCUT2D eigenvalue weighted by Crippen LogP contribution is -2.02. The van der Waals surface area contributed by atoms with Crippen molar-refractivity contribution in [1.82, 2.24) is 9.78 Å². The lowest BCUT2D eigenvalue weighted by Gasteiger charge is -2.03. The molecule has 0 fully saturated rings. The highest BCUT2D eigenvalue weighted by molar-refractivity contribution is 8.13. The largest absolute Gasteiger partial charge is 0.266 e. The van der Waals surface area contributed by atoms with Crippen LogP contribution in [0.1, 0.15) is 18.2 Å². The van der Waals surface area contributed by atoms with Crippen LogP contribution in [-0.4, -0.2) is 18.2 Å². The molecule has 0 spiro atoms. The van der Waals surface area contributed by atoms with Crippen molar-refractivity contribution in [2.45, 2.75) is 24.8 Å². The smallest absolute Gasteiger partial charge is 0.248 e. The summed E-state index contributed by atoms with van der Waals surface area (Å²) < 4.78 is 37.2. The molecular formula is C12H11Cl2FN2O2S. The summed E-state index contributed by atoms with van der Waals surface area (Å²) in [6.45, 7) is 1.99. The van der Waals surface area contributed by atoms with E-state index in [-0.39, 0.29) is 22.4 Å². The summed E-state index contributed by atoms with van der Waals surface area (Å²) in [7, 11) is 1.41. The molecule has 0 aliphatic carbocycles. The predicted molar refractivity (Wildman–Crippen MR) is 75.2 cm³/mol. The molecule has 2 rings (SSSR count). The van der Waals surface area contributed by atoms with Gasteiger partial charge in [-0.3, -0.25) is 0 Å². The van der Waals surface area contributed by atoms with Crippen molar-refractivity contribution in [2.75, 3.05) is 0 Å². The Bertz CT molecular complexity index is 727. The molecule has 0 aliphatic heterocycles. The number of hydrogen-bond donors (Lipinski definition) is 0. The molecule has 0 radical (unpaired) electrons. The zero-order valence-corrected chi connectivity index (χ0v) is 12.8. The molecule has 1 aromatic heterocycles. The van der Waals surface area contributed by atoms with Gasteiger partial charge in [-0.15, -0.1) is 0 Å². The Balaban J connectivity index is 2.43. The van der Waals surface area contributed by atoms with Gasteiger partial charge in [0.15, 0.2) is 0 Å². The zero-order valence-electron chi connectivity index (χ0n) is 10.5. The second kappa shape index (κ2) is 5.71. The van der Waals surface area contributed by atoms with Crippen LogP contribution in [0.3, 0.4) is 0 Å². The Labute approximate surface area is 125 Å².